The molecule has 0 spiro atoms. The number of hydrogen-bond acceptors (Lipinski definition) is 5. The summed E-state index contributed by atoms with van der Waals surface area (Å²) in [4.78, 5) is 42.1. The summed E-state index contributed by atoms with van der Waals surface area (Å²) in [5, 5.41) is 15.9. The van der Waals surface area contributed by atoms with E-state index in [9.17, 15) is 19.5 Å². The first-order valence-electron chi connectivity index (χ1n) is 12.7. The van der Waals surface area contributed by atoms with Gasteiger partial charge in [-0.15, -0.1) is 0 Å². The zero-order valence-electron chi connectivity index (χ0n) is 23.5. The van der Waals surface area contributed by atoms with Crippen LogP contribution < -0.4 is 10.6 Å². The summed E-state index contributed by atoms with van der Waals surface area (Å²) in [6.45, 7) is 13.7. The Hall–Kier alpha value is -3.10. The van der Waals surface area contributed by atoms with Gasteiger partial charge in [0.1, 0.15) is 17.7 Å². The lowest BCUT2D eigenvalue weighted by Crippen LogP contribution is -2.59. The van der Waals surface area contributed by atoms with Crippen LogP contribution in [0.4, 0.5) is 10.5 Å². The van der Waals surface area contributed by atoms with Crippen LogP contribution in [0.5, 0.6) is 0 Å². The molecule has 2 aromatic carbocycles. The number of aryl methyl sites for hydroxylation is 2. The van der Waals surface area contributed by atoms with Crippen LogP contribution in [0.3, 0.4) is 0 Å². The number of benzene rings is 2. The predicted molar refractivity (Wildman–Crippen MR) is 150 cm³/mol. The molecule has 8 nitrogen and oxygen atoms in total. The molecule has 2 unspecified atom stereocenters. The largest absolute Gasteiger partial charge is 0.444 e. The van der Waals surface area contributed by atoms with Gasteiger partial charge in [0.15, 0.2) is 0 Å². The summed E-state index contributed by atoms with van der Waals surface area (Å²) in [5.74, 6) is -1.09. The zero-order chi connectivity index (χ0) is 28.8. The number of carbonyl (C=O) groups excluding carboxylic acids is 3. The number of carbonyl (C=O) groups is 3. The Kier molecular flexibility index (Phi) is 10.3. The lowest BCUT2D eigenvalue weighted by Gasteiger charge is -2.44. The van der Waals surface area contributed by atoms with Gasteiger partial charge in [0.25, 0.3) is 5.91 Å². The summed E-state index contributed by atoms with van der Waals surface area (Å²) >= 11 is 6.41. The number of hydrogen-bond donors (Lipinski definition) is 3. The standard InChI is InChI=1S/C29H40ClN3O5/c1-9-29(7,8)33(26(36)22(17-34)31-27(37)38-28(4,5)6)24(20-15-11-10-13-18(20)2)25(35)32-23-19(3)14-12-16-21(23)30/h10-16,22,24,34H,9,17H2,1-8H3,(H,31,37)(H,32,35). The van der Waals surface area contributed by atoms with Crippen LogP contribution in [0.1, 0.15) is 70.7 Å². The van der Waals surface area contributed by atoms with Crippen molar-refractivity contribution in [2.24, 2.45) is 0 Å². The second-order valence-electron chi connectivity index (χ2n) is 10.9. The van der Waals surface area contributed by atoms with Crippen LogP contribution in [0.15, 0.2) is 42.5 Å². The average molecular weight is 546 g/mol. The van der Waals surface area contributed by atoms with Crippen molar-refractivity contribution in [1.82, 2.24) is 10.2 Å². The Balaban J connectivity index is 2.64. The molecule has 2 atom stereocenters. The second-order valence-corrected chi connectivity index (χ2v) is 11.3. The van der Waals surface area contributed by atoms with E-state index in [2.05, 4.69) is 10.6 Å². The SMILES string of the molecule is CCC(C)(C)N(C(=O)C(CO)NC(=O)OC(C)(C)C)C(C(=O)Nc1c(C)cccc1Cl)c1ccccc1C. The molecule has 0 aromatic heterocycles. The average Bonchev–Trinajstić information content (AvgIpc) is 2.82. The molecule has 3 amide bonds. The number of aliphatic hydroxyl groups is 1. The summed E-state index contributed by atoms with van der Waals surface area (Å²) in [6.07, 6.45) is -0.354. The van der Waals surface area contributed by atoms with Gasteiger partial charge in [0.2, 0.25) is 5.91 Å². The number of nitrogens with zero attached hydrogens (tertiary/aromatic N) is 1. The maximum Gasteiger partial charge on any atom is 0.408 e. The van der Waals surface area contributed by atoms with E-state index in [0.717, 1.165) is 11.1 Å². The summed E-state index contributed by atoms with van der Waals surface area (Å²) in [5.41, 5.74) is 0.977. The Morgan fingerprint density at radius 3 is 2.13 bits per heavy atom. The fraction of sp³-hybridized carbons (Fsp3) is 0.483. The Labute approximate surface area is 230 Å². The van der Waals surface area contributed by atoms with Gasteiger partial charge in [-0.3, -0.25) is 9.59 Å². The van der Waals surface area contributed by atoms with Crippen molar-refractivity contribution in [3.05, 3.63) is 64.2 Å². The molecule has 0 radical (unpaired) electrons. The summed E-state index contributed by atoms with van der Waals surface area (Å²) in [6, 6.07) is 10.2. The van der Waals surface area contributed by atoms with Gasteiger partial charge in [0, 0.05) is 5.54 Å². The number of anilines is 1. The number of para-hydroxylation sites is 1. The third-order valence-corrected chi connectivity index (χ3v) is 6.70. The monoisotopic (exact) mass is 545 g/mol. The molecule has 208 valence electrons. The molecule has 38 heavy (non-hydrogen) atoms. The lowest BCUT2D eigenvalue weighted by molar-refractivity contribution is -0.148. The van der Waals surface area contributed by atoms with Crippen molar-refractivity contribution in [2.75, 3.05) is 11.9 Å². The number of halogens is 1. The van der Waals surface area contributed by atoms with Crippen LogP contribution in [0.25, 0.3) is 0 Å². The summed E-state index contributed by atoms with van der Waals surface area (Å²) in [7, 11) is 0. The van der Waals surface area contributed by atoms with Gasteiger partial charge in [-0.05, 0) is 77.6 Å². The van der Waals surface area contributed by atoms with E-state index in [1.165, 1.54) is 4.90 Å². The fourth-order valence-electron chi connectivity index (χ4n) is 4.02. The molecule has 0 saturated heterocycles. The third kappa shape index (κ3) is 7.71. The quantitative estimate of drug-likeness (QED) is 0.383. The minimum Gasteiger partial charge on any atom is -0.444 e. The smallest absolute Gasteiger partial charge is 0.408 e. The molecule has 0 aliphatic carbocycles. The highest BCUT2D eigenvalue weighted by atomic mass is 35.5. The molecule has 0 heterocycles. The first kappa shape index (κ1) is 31.1. The number of rotatable bonds is 9. The van der Waals surface area contributed by atoms with E-state index >= 15 is 0 Å². The molecule has 0 aliphatic heterocycles. The van der Waals surface area contributed by atoms with Crippen LogP contribution in [-0.4, -0.2) is 51.7 Å². The minimum absolute atomic E-state index is 0.370. The zero-order valence-corrected chi connectivity index (χ0v) is 24.3. The van der Waals surface area contributed by atoms with Crippen LogP contribution in [0, 0.1) is 13.8 Å². The maximum atomic E-state index is 14.1. The number of aliphatic hydroxyl groups excluding tert-OH is 1. The van der Waals surface area contributed by atoms with Crippen molar-refractivity contribution in [1.29, 1.82) is 0 Å². The van der Waals surface area contributed by atoms with Crippen molar-refractivity contribution in [2.45, 2.75) is 85.0 Å². The highest BCUT2D eigenvalue weighted by Crippen LogP contribution is 2.35. The summed E-state index contributed by atoms with van der Waals surface area (Å²) < 4.78 is 5.30. The van der Waals surface area contributed by atoms with Crippen molar-refractivity contribution < 1.29 is 24.2 Å². The number of amides is 3. The van der Waals surface area contributed by atoms with Gasteiger partial charge in [-0.25, -0.2) is 4.79 Å². The van der Waals surface area contributed by atoms with Gasteiger partial charge in [-0.1, -0.05) is 54.9 Å². The van der Waals surface area contributed by atoms with Gasteiger partial charge < -0.3 is 25.4 Å². The number of ether oxygens (including phenoxy) is 1. The van der Waals surface area contributed by atoms with Crippen LogP contribution in [0.2, 0.25) is 5.02 Å². The Bertz CT molecular complexity index is 1140. The highest BCUT2D eigenvalue weighted by molar-refractivity contribution is 6.34. The van der Waals surface area contributed by atoms with Gasteiger partial charge in [-0.2, -0.15) is 0 Å². The topological polar surface area (TPSA) is 108 Å². The van der Waals surface area contributed by atoms with Crippen LogP contribution >= 0.6 is 11.6 Å². The molecule has 0 fully saturated rings. The number of nitrogens with one attached hydrogen (secondary N) is 2. The molecule has 0 saturated carbocycles. The maximum absolute atomic E-state index is 14.1. The first-order chi connectivity index (χ1) is 17.6. The Morgan fingerprint density at radius 2 is 1.61 bits per heavy atom. The Morgan fingerprint density at radius 1 is 1.00 bits per heavy atom. The molecular weight excluding hydrogens is 506 g/mol. The molecule has 2 aromatic rings. The van der Waals surface area contributed by atoms with E-state index in [0.29, 0.717) is 22.7 Å². The second kappa shape index (κ2) is 12.6. The highest BCUT2D eigenvalue weighted by Gasteiger charge is 2.43. The predicted octanol–water partition coefficient (Wildman–Crippen LogP) is 5.54. The van der Waals surface area contributed by atoms with E-state index < -0.39 is 47.7 Å². The van der Waals surface area contributed by atoms with Crippen molar-refractivity contribution >= 4 is 35.2 Å². The molecular formula is C29H40ClN3O5. The van der Waals surface area contributed by atoms with Gasteiger partial charge >= 0.3 is 6.09 Å². The van der Waals surface area contributed by atoms with Crippen LogP contribution in [-0.2, 0) is 14.3 Å². The first-order valence-corrected chi connectivity index (χ1v) is 13.1. The van der Waals surface area contributed by atoms with Crippen molar-refractivity contribution in [3.63, 3.8) is 0 Å². The van der Waals surface area contributed by atoms with Gasteiger partial charge in [0.05, 0.1) is 17.3 Å². The lowest BCUT2D eigenvalue weighted by atomic mass is 9.90. The number of alkyl carbamates (subject to hydrolysis) is 1. The van der Waals surface area contributed by atoms with E-state index in [-0.39, 0.29) is 0 Å². The normalized spacial score (nSPS) is 13.3. The van der Waals surface area contributed by atoms with E-state index in [1.807, 2.05) is 52.8 Å². The van der Waals surface area contributed by atoms with Crippen molar-refractivity contribution in [3.8, 4) is 0 Å². The third-order valence-electron chi connectivity index (χ3n) is 6.39. The van der Waals surface area contributed by atoms with E-state index in [1.54, 1.807) is 45.0 Å². The molecule has 2 rings (SSSR count). The molecule has 9 heteroatoms. The molecule has 0 aliphatic rings. The minimum atomic E-state index is -1.34. The molecule has 0 bridgehead atoms. The van der Waals surface area contributed by atoms with E-state index in [4.69, 9.17) is 16.3 Å². The fourth-order valence-corrected chi connectivity index (χ4v) is 4.29. The molecule has 3 N–H and O–H groups in total.